The first-order valence-electron chi connectivity index (χ1n) is 10.3. The molecule has 7 nitrogen and oxygen atoms in total. The molecule has 0 unspecified atom stereocenters. The Balaban J connectivity index is 1.40. The topological polar surface area (TPSA) is 84.0 Å². The summed E-state index contributed by atoms with van der Waals surface area (Å²) in [6, 6.07) is 15.1. The quantitative estimate of drug-likeness (QED) is 0.319. The molecule has 30 heavy (non-hydrogen) atoms. The molecule has 0 atom stereocenters. The number of aliphatic imine (C=N–C) groups is 1. The van der Waals surface area contributed by atoms with E-state index in [0.29, 0.717) is 42.8 Å². The van der Waals surface area contributed by atoms with Gasteiger partial charge >= 0.3 is 0 Å². The van der Waals surface area contributed by atoms with Crippen molar-refractivity contribution in [1.29, 1.82) is 0 Å². The fourth-order valence-electron chi connectivity index (χ4n) is 2.91. The van der Waals surface area contributed by atoms with Gasteiger partial charge in [0.2, 0.25) is 0 Å². The van der Waals surface area contributed by atoms with Crippen LogP contribution in [0.1, 0.15) is 28.8 Å². The third-order valence-corrected chi connectivity index (χ3v) is 4.85. The van der Waals surface area contributed by atoms with Crippen molar-refractivity contribution in [2.24, 2.45) is 10.9 Å². The van der Waals surface area contributed by atoms with Crippen LogP contribution in [0.25, 0.3) is 0 Å². The molecule has 160 valence electrons. The summed E-state index contributed by atoms with van der Waals surface area (Å²) in [5.41, 5.74) is 1.66. The Morgan fingerprint density at radius 1 is 1.07 bits per heavy atom. The second-order valence-electron chi connectivity index (χ2n) is 7.20. The molecule has 1 aliphatic rings. The SMILES string of the molecule is CN=C(NCCNC(=O)c1cccc(OC)c1)NCc1ccccc1OCC1CC1. The zero-order valence-corrected chi connectivity index (χ0v) is 17.6. The highest BCUT2D eigenvalue weighted by Gasteiger charge is 2.22. The summed E-state index contributed by atoms with van der Waals surface area (Å²) < 4.78 is 11.1. The van der Waals surface area contributed by atoms with Crippen molar-refractivity contribution in [2.45, 2.75) is 19.4 Å². The van der Waals surface area contributed by atoms with E-state index in [9.17, 15) is 4.79 Å². The molecule has 1 saturated carbocycles. The molecular formula is C23H30N4O3. The third kappa shape index (κ3) is 6.69. The number of benzene rings is 2. The highest BCUT2D eigenvalue weighted by atomic mass is 16.5. The Morgan fingerprint density at radius 3 is 2.63 bits per heavy atom. The molecule has 0 spiro atoms. The maximum atomic E-state index is 12.2. The number of hydrogen-bond donors (Lipinski definition) is 3. The molecule has 2 aromatic rings. The van der Waals surface area contributed by atoms with Gasteiger partial charge in [-0.05, 0) is 43.0 Å². The van der Waals surface area contributed by atoms with Gasteiger partial charge in [-0.3, -0.25) is 9.79 Å². The summed E-state index contributed by atoms with van der Waals surface area (Å²) in [4.78, 5) is 16.5. The average Bonchev–Trinajstić information content (AvgIpc) is 3.62. The van der Waals surface area contributed by atoms with Crippen LogP contribution in [-0.2, 0) is 6.54 Å². The fraction of sp³-hybridized carbons (Fsp3) is 0.391. The first-order chi connectivity index (χ1) is 14.7. The lowest BCUT2D eigenvalue weighted by atomic mass is 10.2. The van der Waals surface area contributed by atoms with Crippen molar-refractivity contribution in [3.05, 3.63) is 59.7 Å². The summed E-state index contributed by atoms with van der Waals surface area (Å²) in [5, 5.41) is 9.39. The highest BCUT2D eigenvalue weighted by molar-refractivity contribution is 5.94. The Kier molecular flexibility index (Phi) is 7.94. The predicted molar refractivity (Wildman–Crippen MR) is 118 cm³/mol. The summed E-state index contributed by atoms with van der Waals surface area (Å²) in [6.07, 6.45) is 2.54. The number of hydrogen-bond acceptors (Lipinski definition) is 4. The molecule has 0 heterocycles. The number of rotatable bonds is 10. The van der Waals surface area contributed by atoms with E-state index in [2.05, 4.69) is 27.0 Å². The third-order valence-electron chi connectivity index (χ3n) is 4.85. The molecule has 0 aliphatic heterocycles. The van der Waals surface area contributed by atoms with Gasteiger partial charge in [0.25, 0.3) is 5.91 Å². The van der Waals surface area contributed by atoms with Crippen molar-refractivity contribution in [1.82, 2.24) is 16.0 Å². The van der Waals surface area contributed by atoms with E-state index in [0.717, 1.165) is 17.9 Å². The lowest BCUT2D eigenvalue weighted by Gasteiger charge is -2.15. The smallest absolute Gasteiger partial charge is 0.251 e. The van der Waals surface area contributed by atoms with Crippen LogP contribution in [0.4, 0.5) is 0 Å². The molecule has 2 aromatic carbocycles. The van der Waals surface area contributed by atoms with E-state index >= 15 is 0 Å². The number of guanidine groups is 1. The molecule has 0 saturated heterocycles. The fourth-order valence-corrected chi connectivity index (χ4v) is 2.91. The van der Waals surface area contributed by atoms with Gasteiger partial charge in [0.15, 0.2) is 5.96 Å². The average molecular weight is 411 g/mol. The van der Waals surface area contributed by atoms with Gasteiger partial charge in [-0.2, -0.15) is 0 Å². The van der Waals surface area contributed by atoms with E-state index in [4.69, 9.17) is 9.47 Å². The molecule has 1 aliphatic carbocycles. The van der Waals surface area contributed by atoms with Gasteiger partial charge in [-0.15, -0.1) is 0 Å². The largest absolute Gasteiger partial charge is 0.497 e. The van der Waals surface area contributed by atoms with Crippen LogP contribution in [0.2, 0.25) is 0 Å². The van der Waals surface area contributed by atoms with Gasteiger partial charge in [0.05, 0.1) is 13.7 Å². The van der Waals surface area contributed by atoms with Crippen LogP contribution in [0.15, 0.2) is 53.5 Å². The van der Waals surface area contributed by atoms with Crippen molar-refractivity contribution in [3.63, 3.8) is 0 Å². The Hall–Kier alpha value is -3.22. The van der Waals surface area contributed by atoms with Crippen LogP contribution in [-0.4, -0.2) is 45.7 Å². The van der Waals surface area contributed by atoms with Gasteiger partial charge in [0, 0.05) is 37.8 Å². The predicted octanol–water partition coefficient (Wildman–Crippen LogP) is 2.58. The molecule has 3 rings (SSSR count). The summed E-state index contributed by atoms with van der Waals surface area (Å²) >= 11 is 0. The zero-order chi connectivity index (χ0) is 21.2. The van der Waals surface area contributed by atoms with E-state index < -0.39 is 0 Å². The first kappa shape index (κ1) is 21.5. The number of carbonyl (C=O) groups excluding carboxylic acids is 1. The summed E-state index contributed by atoms with van der Waals surface area (Å²) in [6.45, 7) is 2.42. The number of methoxy groups -OCH3 is 1. The molecule has 3 N–H and O–H groups in total. The van der Waals surface area contributed by atoms with E-state index in [1.165, 1.54) is 12.8 Å². The number of nitrogens with zero attached hydrogens (tertiary/aromatic N) is 1. The lowest BCUT2D eigenvalue weighted by molar-refractivity contribution is 0.0954. The molecule has 0 radical (unpaired) electrons. The van der Waals surface area contributed by atoms with Gasteiger partial charge in [-0.25, -0.2) is 0 Å². The standard InChI is InChI=1S/C23H30N4O3/c1-24-23(26-13-12-25-22(28)18-7-5-8-20(14-18)29-2)27-15-19-6-3-4-9-21(19)30-16-17-10-11-17/h3-9,14,17H,10-13,15-16H2,1-2H3,(H,25,28)(H2,24,26,27). The van der Waals surface area contributed by atoms with Crippen LogP contribution < -0.4 is 25.4 Å². The van der Waals surface area contributed by atoms with Crippen molar-refractivity contribution < 1.29 is 14.3 Å². The number of amides is 1. The monoisotopic (exact) mass is 410 g/mol. The lowest BCUT2D eigenvalue weighted by Crippen LogP contribution is -2.41. The molecular weight excluding hydrogens is 380 g/mol. The number of ether oxygens (including phenoxy) is 2. The Labute approximate surface area is 177 Å². The minimum Gasteiger partial charge on any atom is -0.497 e. The molecule has 1 amide bonds. The van der Waals surface area contributed by atoms with Crippen LogP contribution >= 0.6 is 0 Å². The highest BCUT2D eigenvalue weighted by Crippen LogP contribution is 2.30. The normalized spacial score (nSPS) is 13.5. The first-order valence-corrected chi connectivity index (χ1v) is 10.3. The Bertz CT molecular complexity index is 865. The zero-order valence-electron chi connectivity index (χ0n) is 17.6. The maximum absolute atomic E-state index is 12.2. The van der Waals surface area contributed by atoms with E-state index in [-0.39, 0.29) is 5.91 Å². The van der Waals surface area contributed by atoms with Crippen LogP contribution in [0, 0.1) is 5.92 Å². The second-order valence-corrected chi connectivity index (χ2v) is 7.20. The van der Waals surface area contributed by atoms with E-state index in [1.54, 1.807) is 32.4 Å². The van der Waals surface area contributed by atoms with E-state index in [1.807, 2.05) is 24.3 Å². The minimum absolute atomic E-state index is 0.139. The summed E-state index contributed by atoms with van der Waals surface area (Å²) in [5.74, 6) is 2.82. The number of carbonyl (C=O) groups is 1. The molecule has 0 aromatic heterocycles. The van der Waals surface area contributed by atoms with Crippen molar-refractivity contribution >= 4 is 11.9 Å². The van der Waals surface area contributed by atoms with Crippen LogP contribution in [0.5, 0.6) is 11.5 Å². The van der Waals surface area contributed by atoms with Crippen LogP contribution in [0.3, 0.4) is 0 Å². The second kappa shape index (κ2) is 11.1. The number of para-hydroxylation sites is 1. The van der Waals surface area contributed by atoms with Crippen molar-refractivity contribution in [2.75, 3.05) is 33.9 Å². The minimum atomic E-state index is -0.139. The Morgan fingerprint density at radius 2 is 1.87 bits per heavy atom. The molecule has 1 fully saturated rings. The molecule has 0 bridgehead atoms. The maximum Gasteiger partial charge on any atom is 0.251 e. The molecule has 7 heteroatoms. The van der Waals surface area contributed by atoms with Crippen molar-refractivity contribution in [3.8, 4) is 11.5 Å². The number of nitrogens with one attached hydrogen (secondary N) is 3. The van der Waals surface area contributed by atoms with Gasteiger partial charge in [-0.1, -0.05) is 24.3 Å². The van der Waals surface area contributed by atoms with Gasteiger partial charge < -0.3 is 25.4 Å². The van der Waals surface area contributed by atoms with Gasteiger partial charge in [0.1, 0.15) is 11.5 Å². The summed E-state index contributed by atoms with van der Waals surface area (Å²) in [7, 11) is 3.30.